The van der Waals surface area contributed by atoms with E-state index in [1.165, 1.54) is 0 Å². The minimum Gasteiger partial charge on any atom is -0.454 e. The van der Waals surface area contributed by atoms with Gasteiger partial charge in [0, 0.05) is 6.54 Å². The van der Waals surface area contributed by atoms with Crippen molar-refractivity contribution in [1.29, 1.82) is 0 Å². The lowest BCUT2D eigenvalue weighted by Gasteiger charge is -2.35. The van der Waals surface area contributed by atoms with Crippen LogP contribution in [0.15, 0.2) is 53.4 Å². The molecule has 4 rings (SSSR count). The fourth-order valence-corrected chi connectivity index (χ4v) is 5.08. The number of benzene rings is 2. The van der Waals surface area contributed by atoms with Crippen LogP contribution in [0.4, 0.5) is 0 Å². The molecule has 0 N–H and O–H groups in total. The van der Waals surface area contributed by atoms with Gasteiger partial charge in [0.2, 0.25) is 16.8 Å². The summed E-state index contributed by atoms with van der Waals surface area (Å²) in [5.74, 6) is 1.41. The van der Waals surface area contributed by atoms with E-state index >= 15 is 0 Å². The summed E-state index contributed by atoms with van der Waals surface area (Å²) in [4.78, 5) is 0.321. The number of allylic oxidation sites excluding steroid dienone is 1. The number of hydrogen-bond acceptors (Lipinski definition) is 4. The van der Waals surface area contributed by atoms with Crippen molar-refractivity contribution in [3.8, 4) is 11.5 Å². The molecule has 1 atom stereocenters. The van der Waals surface area contributed by atoms with Crippen LogP contribution in [0.25, 0.3) is 0 Å². The second kappa shape index (κ2) is 6.45. The average Bonchev–Trinajstić information content (AvgIpc) is 3.08. The van der Waals surface area contributed by atoms with Gasteiger partial charge in [0.1, 0.15) is 0 Å². The first-order valence-electron chi connectivity index (χ1n) is 8.64. The standard InChI is InChI=1S/C20H21NO4S/c1-3-4-18-17-12-20-19(24-13-25-20)11-15(17)9-10-21(18)26(22,23)16-7-5-14(2)6-8-16/h3-8,11-12,18H,9-10,13H2,1-2H3/b4-3+. The summed E-state index contributed by atoms with van der Waals surface area (Å²) in [6.45, 7) is 4.48. The molecule has 136 valence electrons. The van der Waals surface area contributed by atoms with Crippen molar-refractivity contribution in [2.24, 2.45) is 0 Å². The van der Waals surface area contributed by atoms with Crippen LogP contribution in [0.2, 0.25) is 0 Å². The predicted molar refractivity (Wildman–Crippen MR) is 98.9 cm³/mol. The fourth-order valence-electron chi connectivity index (χ4n) is 3.51. The first kappa shape index (κ1) is 17.1. The lowest BCUT2D eigenvalue weighted by atomic mass is 9.93. The van der Waals surface area contributed by atoms with Gasteiger partial charge in [-0.1, -0.05) is 29.8 Å². The largest absolute Gasteiger partial charge is 0.454 e. The molecule has 0 aromatic heterocycles. The highest BCUT2D eigenvalue weighted by Gasteiger charge is 2.36. The van der Waals surface area contributed by atoms with Crippen LogP contribution in [0.1, 0.15) is 29.7 Å². The molecule has 1 unspecified atom stereocenters. The maximum Gasteiger partial charge on any atom is 0.243 e. The first-order valence-corrected chi connectivity index (χ1v) is 10.1. The van der Waals surface area contributed by atoms with E-state index < -0.39 is 10.0 Å². The number of sulfonamides is 1. The maximum atomic E-state index is 13.3. The minimum absolute atomic E-state index is 0.206. The third-order valence-corrected chi connectivity index (χ3v) is 6.76. The highest BCUT2D eigenvalue weighted by molar-refractivity contribution is 7.89. The SMILES string of the molecule is C/C=C/C1c2cc3c(cc2CCN1S(=O)(=O)c1ccc(C)cc1)OCO3. The van der Waals surface area contributed by atoms with Crippen LogP contribution >= 0.6 is 0 Å². The Balaban J connectivity index is 1.79. The van der Waals surface area contributed by atoms with Gasteiger partial charge in [-0.05, 0) is 55.7 Å². The zero-order valence-corrected chi connectivity index (χ0v) is 15.6. The van der Waals surface area contributed by atoms with Crippen molar-refractivity contribution < 1.29 is 17.9 Å². The summed E-state index contributed by atoms with van der Waals surface area (Å²) < 4.78 is 39.1. The predicted octanol–water partition coefficient (Wildman–Crippen LogP) is 3.59. The smallest absolute Gasteiger partial charge is 0.243 e. The van der Waals surface area contributed by atoms with Gasteiger partial charge in [-0.2, -0.15) is 4.31 Å². The molecule has 0 fully saturated rings. The van der Waals surface area contributed by atoms with Crippen LogP contribution in [-0.4, -0.2) is 26.1 Å². The Kier molecular flexibility index (Phi) is 4.25. The van der Waals surface area contributed by atoms with E-state index in [0.717, 1.165) is 22.4 Å². The van der Waals surface area contributed by atoms with Gasteiger partial charge in [0.25, 0.3) is 0 Å². The number of nitrogens with zero attached hydrogens (tertiary/aromatic N) is 1. The highest BCUT2D eigenvalue weighted by atomic mass is 32.2. The highest BCUT2D eigenvalue weighted by Crippen LogP contribution is 2.42. The summed E-state index contributed by atoms with van der Waals surface area (Å²) >= 11 is 0. The Bertz CT molecular complexity index is 964. The van der Waals surface area contributed by atoms with E-state index in [9.17, 15) is 8.42 Å². The van der Waals surface area contributed by atoms with E-state index in [1.54, 1.807) is 16.4 Å². The third-order valence-electron chi connectivity index (χ3n) is 4.87. The molecule has 5 nitrogen and oxygen atoms in total. The van der Waals surface area contributed by atoms with Gasteiger partial charge in [-0.15, -0.1) is 0 Å². The first-order chi connectivity index (χ1) is 12.5. The third kappa shape index (κ3) is 2.79. The van der Waals surface area contributed by atoms with E-state index in [2.05, 4.69) is 0 Å². The molecule has 26 heavy (non-hydrogen) atoms. The summed E-state index contributed by atoms with van der Waals surface area (Å²) in [6.07, 6.45) is 4.46. The zero-order chi connectivity index (χ0) is 18.3. The molecule has 0 saturated carbocycles. The zero-order valence-electron chi connectivity index (χ0n) is 14.8. The molecule has 2 aliphatic heterocycles. The van der Waals surface area contributed by atoms with E-state index in [-0.39, 0.29) is 12.8 Å². The minimum atomic E-state index is -3.60. The quantitative estimate of drug-likeness (QED) is 0.774. The van der Waals surface area contributed by atoms with Gasteiger partial charge in [-0.3, -0.25) is 0 Å². The number of aryl methyl sites for hydroxylation is 1. The van der Waals surface area contributed by atoms with E-state index in [1.807, 2.05) is 50.3 Å². The van der Waals surface area contributed by atoms with Gasteiger partial charge in [0.15, 0.2) is 11.5 Å². The fraction of sp³-hybridized carbons (Fsp3) is 0.300. The van der Waals surface area contributed by atoms with Gasteiger partial charge >= 0.3 is 0 Å². The van der Waals surface area contributed by atoms with Crippen molar-refractivity contribution in [1.82, 2.24) is 4.31 Å². The summed E-state index contributed by atoms with van der Waals surface area (Å²) in [5, 5.41) is 0. The number of fused-ring (bicyclic) bond motifs is 2. The molecule has 2 aromatic rings. The molecular formula is C20H21NO4S. The monoisotopic (exact) mass is 371 g/mol. The van der Waals surface area contributed by atoms with Crippen LogP contribution in [0, 0.1) is 6.92 Å². The molecule has 0 bridgehead atoms. The molecule has 0 aliphatic carbocycles. The lowest BCUT2D eigenvalue weighted by Crippen LogP contribution is -2.39. The Labute approximate surface area is 153 Å². The van der Waals surface area contributed by atoms with Crippen LogP contribution in [0.5, 0.6) is 11.5 Å². The second-order valence-corrected chi connectivity index (χ2v) is 8.44. The van der Waals surface area contributed by atoms with E-state index in [0.29, 0.717) is 23.6 Å². The molecule has 0 spiro atoms. The van der Waals surface area contributed by atoms with Crippen molar-refractivity contribution in [2.45, 2.75) is 31.2 Å². The molecular weight excluding hydrogens is 350 g/mol. The molecule has 6 heteroatoms. The molecule has 0 radical (unpaired) electrons. The van der Waals surface area contributed by atoms with Crippen LogP contribution in [0.3, 0.4) is 0 Å². The average molecular weight is 371 g/mol. The van der Waals surface area contributed by atoms with Crippen molar-refractivity contribution in [2.75, 3.05) is 13.3 Å². The Morgan fingerprint density at radius 1 is 1.12 bits per heavy atom. The lowest BCUT2D eigenvalue weighted by molar-refractivity contribution is 0.174. The Morgan fingerprint density at radius 2 is 1.81 bits per heavy atom. The Morgan fingerprint density at radius 3 is 2.50 bits per heavy atom. The van der Waals surface area contributed by atoms with E-state index in [4.69, 9.17) is 9.47 Å². The van der Waals surface area contributed by atoms with Crippen molar-refractivity contribution in [3.63, 3.8) is 0 Å². The van der Waals surface area contributed by atoms with Gasteiger partial charge < -0.3 is 9.47 Å². The number of ether oxygens (including phenoxy) is 2. The van der Waals surface area contributed by atoms with Crippen molar-refractivity contribution >= 4 is 10.0 Å². The number of hydrogen-bond donors (Lipinski definition) is 0. The molecule has 0 saturated heterocycles. The normalized spacial score (nSPS) is 19.7. The summed E-state index contributed by atoms with van der Waals surface area (Å²) in [5.41, 5.74) is 3.09. The van der Waals surface area contributed by atoms with Gasteiger partial charge in [0.05, 0.1) is 10.9 Å². The summed E-state index contributed by atoms with van der Waals surface area (Å²) in [6, 6.07) is 10.5. The van der Waals surface area contributed by atoms with Gasteiger partial charge in [-0.25, -0.2) is 8.42 Å². The molecule has 0 amide bonds. The second-order valence-electron chi connectivity index (χ2n) is 6.55. The van der Waals surface area contributed by atoms with Crippen molar-refractivity contribution in [3.05, 3.63) is 65.2 Å². The number of rotatable bonds is 3. The Hall–Kier alpha value is -2.31. The molecule has 2 aromatic carbocycles. The topological polar surface area (TPSA) is 55.8 Å². The summed E-state index contributed by atoms with van der Waals surface area (Å²) in [7, 11) is -3.60. The molecule has 2 aliphatic rings. The molecule has 2 heterocycles. The van der Waals surface area contributed by atoms with Crippen LogP contribution in [-0.2, 0) is 16.4 Å². The maximum absolute atomic E-state index is 13.3. The van der Waals surface area contributed by atoms with Crippen LogP contribution < -0.4 is 9.47 Å².